The van der Waals surface area contributed by atoms with E-state index in [1.54, 1.807) is 0 Å². The molecule has 0 bridgehead atoms. The van der Waals surface area contributed by atoms with E-state index in [0.29, 0.717) is 0 Å². The Hall–Kier alpha value is -0.0800. The second-order valence-corrected chi connectivity index (χ2v) is 5.35. The second kappa shape index (κ2) is 4.84. The van der Waals surface area contributed by atoms with E-state index >= 15 is 0 Å². The highest BCUT2D eigenvalue weighted by Crippen LogP contribution is 2.36. The van der Waals surface area contributed by atoms with Crippen LogP contribution in [0.1, 0.15) is 46.5 Å². The normalized spacial score (nSPS) is 35.4. The van der Waals surface area contributed by atoms with Crippen LogP contribution in [0, 0.1) is 5.92 Å². The summed E-state index contributed by atoms with van der Waals surface area (Å²) in [6.07, 6.45) is 5.50. The molecule has 0 aromatic rings. The van der Waals surface area contributed by atoms with Crippen molar-refractivity contribution in [3.8, 4) is 0 Å². The van der Waals surface area contributed by atoms with Crippen molar-refractivity contribution in [3.05, 3.63) is 0 Å². The van der Waals surface area contributed by atoms with Gasteiger partial charge in [-0.05, 0) is 38.5 Å². The predicted molar refractivity (Wildman–Crippen MR) is 65.1 cm³/mol. The van der Waals surface area contributed by atoms with Gasteiger partial charge < -0.3 is 5.32 Å². The summed E-state index contributed by atoms with van der Waals surface area (Å²) in [5, 5.41) is 3.67. The number of piperazine rings is 1. The largest absolute Gasteiger partial charge is 0.311 e. The molecule has 0 aromatic carbocycles. The monoisotopic (exact) mass is 210 g/mol. The number of nitrogens with zero attached hydrogens (tertiary/aromatic N) is 1. The molecule has 1 aliphatic heterocycles. The summed E-state index contributed by atoms with van der Waals surface area (Å²) in [5.74, 6) is 1.01. The third kappa shape index (κ3) is 2.54. The summed E-state index contributed by atoms with van der Waals surface area (Å²) in [6.45, 7) is 9.53. The maximum absolute atomic E-state index is 3.67. The maximum atomic E-state index is 3.67. The van der Waals surface area contributed by atoms with Crippen LogP contribution in [-0.2, 0) is 0 Å². The average Bonchev–Trinajstić information content (AvgIpc) is 3.11. The zero-order valence-electron chi connectivity index (χ0n) is 10.5. The molecule has 3 atom stereocenters. The lowest BCUT2D eigenvalue weighted by Gasteiger charge is -2.43. The zero-order valence-corrected chi connectivity index (χ0v) is 10.5. The van der Waals surface area contributed by atoms with E-state index in [4.69, 9.17) is 0 Å². The molecule has 1 N–H and O–H groups in total. The lowest BCUT2D eigenvalue weighted by molar-refractivity contribution is 0.0753. The van der Waals surface area contributed by atoms with E-state index in [0.717, 1.165) is 24.0 Å². The Balaban J connectivity index is 1.96. The Kier molecular flexibility index (Phi) is 3.68. The van der Waals surface area contributed by atoms with E-state index in [2.05, 4.69) is 31.0 Å². The number of rotatable bonds is 4. The Morgan fingerprint density at radius 1 is 1.27 bits per heavy atom. The van der Waals surface area contributed by atoms with Gasteiger partial charge in [0.25, 0.3) is 0 Å². The van der Waals surface area contributed by atoms with Crippen molar-refractivity contribution in [1.82, 2.24) is 10.2 Å². The van der Waals surface area contributed by atoms with Crippen molar-refractivity contribution >= 4 is 0 Å². The quantitative estimate of drug-likeness (QED) is 0.765. The molecule has 88 valence electrons. The van der Waals surface area contributed by atoms with Crippen LogP contribution in [0.2, 0.25) is 0 Å². The summed E-state index contributed by atoms with van der Waals surface area (Å²) in [5.41, 5.74) is 0. The first-order valence-corrected chi connectivity index (χ1v) is 6.75. The SMILES string of the molecule is CCC1CN(C(C)C2CC2)C(CC)CN1. The van der Waals surface area contributed by atoms with Crippen LogP contribution in [0.4, 0.5) is 0 Å². The van der Waals surface area contributed by atoms with Crippen molar-refractivity contribution in [2.45, 2.75) is 64.6 Å². The van der Waals surface area contributed by atoms with Gasteiger partial charge in [0.15, 0.2) is 0 Å². The van der Waals surface area contributed by atoms with E-state index in [-0.39, 0.29) is 0 Å². The van der Waals surface area contributed by atoms with Crippen LogP contribution in [0.15, 0.2) is 0 Å². The first-order valence-electron chi connectivity index (χ1n) is 6.75. The first-order chi connectivity index (χ1) is 7.26. The van der Waals surface area contributed by atoms with Gasteiger partial charge in [-0.15, -0.1) is 0 Å². The molecule has 2 rings (SSSR count). The van der Waals surface area contributed by atoms with Crippen LogP contribution in [0.25, 0.3) is 0 Å². The van der Waals surface area contributed by atoms with Gasteiger partial charge in [-0.25, -0.2) is 0 Å². The molecular formula is C13H26N2. The van der Waals surface area contributed by atoms with Gasteiger partial charge in [0.05, 0.1) is 0 Å². The smallest absolute Gasteiger partial charge is 0.0221 e. The van der Waals surface area contributed by atoms with E-state index in [1.807, 2.05) is 0 Å². The summed E-state index contributed by atoms with van der Waals surface area (Å²) in [7, 11) is 0. The average molecular weight is 210 g/mol. The number of hydrogen-bond donors (Lipinski definition) is 1. The molecule has 15 heavy (non-hydrogen) atoms. The molecule has 0 radical (unpaired) electrons. The van der Waals surface area contributed by atoms with Gasteiger partial charge in [-0.2, -0.15) is 0 Å². The summed E-state index contributed by atoms with van der Waals surface area (Å²) >= 11 is 0. The van der Waals surface area contributed by atoms with E-state index < -0.39 is 0 Å². The highest BCUT2D eigenvalue weighted by atomic mass is 15.3. The van der Waals surface area contributed by atoms with Crippen LogP contribution >= 0.6 is 0 Å². The van der Waals surface area contributed by atoms with Crippen LogP contribution in [-0.4, -0.2) is 36.1 Å². The third-order valence-corrected chi connectivity index (χ3v) is 4.33. The van der Waals surface area contributed by atoms with Gasteiger partial charge >= 0.3 is 0 Å². The molecule has 3 unspecified atom stereocenters. The third-order valence-electron chi connectivity index (χ3n) is 4.33. The van der Waals surface area contributed by atoms with Crippen LogP contribution < -0.4 is 5.32 Å². The van der Waals surface area contributed by atoms with Gasteiger partial charge in [-0.3, -0.25) is 4.90 Å². The minimum Gasteiger partial charge on any atom is -0.311 e. The molecule has 2 aliphatic rings. The van der Waals surface area contributed by atoms with Gasteiger partial charge in [0.2, 0.25) is 0 Å². The molecule has 0 spiro atoms. The van der Waals surface area contributed by atoms with Crippen molar-refractivity contribution in [3.63, 3.8) is 0 Å². The molecule has 1 saturated carbocycles. The minimum atomic E-state index is 0.731. The van der Waals surface area contributed by atoms with Crippen molar-refractivity contribution in [2.24, 2.45) is 5.92 Å². The highest BCUT2D eigenvalue weighted by Gasteiger charge is 2.37. The predicted octanol–water partition coefficient (Wildman–Crippen LogP) is 2.25. The van der Waals surface area contributed by atoms with Crippen molar-refractivity contribution < 1.29 is 0 Å². The van der Waals surface area contributed by atoms with Gasteiger partial charge in [-0.1, -0.05) is 13.8 Å². The Labute approximate surface area is 94.4 Å². The fourth-order valence-corrected chi connectivity index (χ4v) is 2.89. The highest BCUT2D eigenvalue weighted by molar-refractivity contribution is 4.93. The summed E-state index contributed by atoms with van der Waals surface area (Å²) in [6, 6.07) is 2.34. The molecule has 2 heteroatoms. The van der Waals surface area contributed by atoms with Gasteiger partial charge in [0, 0.05) is 31.2 Å². The van der Waals surface area contributed by atoms with Crippen molar-refractivity contribution in [2.75, 3.05) is 13.1 Å². The lowest BCUT2D eigenvalue weighted by Crippen LogP contribution is -2.59. The van der Waals surface area contributed by atoms with Crippen LogP contribution in [0.5, 0.6) is 0 Å². The first kappa shape index (κ1) is 11.4. The molecule has 2 nitrogen and oxygen atoms in total. The molecule has 2 fully saturated rings. The summed E-state index contributed by atoms with van der Waals surface area (Å²) < 4.78 is 0. The molecule has 0 aromatic heterocycles. The summed E-state index contributed by atoms with van der Waals surface area (Å²) in [4.78, 5) is 2.78. The molecule has 1 aliphatic carbocycles. The second-order valence-electron chi connectivity index (χ2n) is 5.35. The van der Waals surface area contributed by atoms with E-state index in [1.165, 1.54) is 38.8 Å². The van der Waals surface area contributed by atoms with Gasteiger partial charge in [0.1, 0.15) is 0 Å². The maximum Gasteiger partial charge on any atom is 0.0221 e. The Bertz CT molecular complexity index is 199. The molecule has 1 heterocycles. The Morgan fingerprint density at radius 2 is 2.00 bits per heavy atom. The standard InChI is InChI=1S/C13H26N2/c1-4-12-9-15(10(3)11-6-7-11)13(5-2)8-14-12/h10-14H,4-9H2,1-3H3. The fourth-order valence-electron chi connectivity index (χ4n) is 2.89. The molecule has 0 amide bonds. The fraction of sp³-hybridized carbons (Fsp3) is 1.00. The van der Waals surface area contributed by atoms with Crippen LogP contribution in [0.3, 0.4) is 0 Å². The molecular weight excluding hydrogens is 184 g/mol. The minimum absolute atomic E-state index is 0.731. The number of hydrogen-bond acceptors (Lipinski definition) is 2. The zero-order chi connectivity index (χ0) is 10.8. The van der Waals surface area contributed by atoms with Crippen molar-refractivity contribution in [1.29, 1.82) is 0 Å². The Morgan fingerprint density at radius 3 is 2.53 bits per heavy atom. The number of nitrogens with one attached hydrogen (secondary N) is 1. The topological polar surface area (TPSA) is 15.3 Å². The molecule has 1 saturated heterocycles. The van der Waals surface area contributed by atoms with E-state index in [9.17, 15) is 0 Å². The lowest BCUT2D eigenvalue weighted by atomic mass is 10.0.